The third-order valence-electron chi connectivity index (χ3n) is 3.02. The predicted octanol–water partition coefficient (Wildman–Crippen LogP) is 3.78. The molecule has 1 amide bonds. The number of rotatable bonds is 5. The highest BCUT2D eigenvalue weighted by Gasteiger charge is 2.06. The normalized spacial score (nSPS) is 10.8. The summed E-state index contributed by atoms with van der Waals surface area (Å²) in [6, 6.07) is 13.5. The van der Waals surface area contributed by atoms with Crippen LogP contribution in [0.15, 0.2) is 47.6 Å². The van der Waals surface area contributed by atoms with Gasteiger partial charge in [0.05, 0.1) is 22.4 Å². The van der Waals surface area contributed by atoms with Gasteiger partial charge in [0.2, 0.25) is 0 Å². The maximum absolute atomic E-state index is 11.8. The average molecular weight is 362 g/mol. The van der Waals surface area contributed by atoms with E-state index in [4.69, 9.17) is 33.2 Å². The fraction of sp³-hybridized carbons (Fsp3) is 0.118. The van der Waals surface area contributed by atoms with E-state index in [-0.39, 0.29) is 6.61 Å². The first kappa shape index (κ1) is 17.8. The van der Waals surface area contributed by atoms with Crippen LogP contribution in [0, 0.1) is 11.3 Å². The van der Waals surface area contributed by atoms with E-state index in [0.717, 1.165) is 0 Å². The summed E-state index contributed by atoms with van der Waals surface area (Å²) in [5.41, 5.74) is 4.14. The molecule has 0 radical (unpaired) electrons. The SMILES string of the molecule is CC(=NNC(=O)COc1ccc(C#N)cc1)c1ccc(Cl)cc1Cl. The minimum absolute atomic E-state index is 0.197. The van der Waals surface area contributed by atoms with Crippen LogP contribution in [0.1, 0.15) is 18.1 Å². The van der Waals surface area contributed by atoms with Crippen LogP contribution in [0.5, 0.6) is 5.75 Å². The van der Waals surface area contributed by atoms with Crippen LogP contribution in [0.2, 0.25) is 10.0 Å². The lowest BCUT2D eigenvalue weighted by atomic mass is 10.1. The van der Waals surface area contributed by atoms with Gasteiger partial charge in [-0.3, -0.25) is 4.79 Å². The zero-order chi connectivity index (χ0) is 17.5. The van der Waals surface area contributed by atoms with Gasteiger partial charge in [-0.1, -0.05) is 29.3 Å². The van der Waals surface area contributed by atoms with Crippen molar-refractivity contribution in [2.45, 2.75) is 6.92 Å². The number of halogens is 2. The molecule has 24 heavy (non-hydrogen) atoms. The summed E-state index contributed by atoms with van der Waals surface area (Å²) < 4.78 is 5.31. The third kappa shape index (κ3) is 4.98. The maximum atomic E-state index is 11.8. The van der Waals surface area contributed by atoms with Crippen molar-refractivity contribution < 1.29 is 9.53 Å². The standard InChI is InChI=1S/C17H13Cl2N3O2/c1-11(15-7-4-13(18)8-16(15)19)21-22-17(23)10-24-14-5-2-12(9-20)3-6-14/h2-8H,10H2,1H3,(H,22,23). The molecule has 0 aliphatic heterocycles. The lowest BCUT2D eigenvalue weighted by molar-refractivity contribution is -0.123. The first-order valence-corrected chi connectivity index (χ1v) is 7.66. The molecule has 5 nitrogen and oxygen atoms in total. The van der Waals surface area contributed by atoms with E-state index in [1.807, 2.05) is 6.07 Å². The molecule has 1 N–H and O–H groups in total. The third-order valence-corrected chi connectivity index (χ3v) is 3.57. The van der Waals surface area contributed by atoms with Gasteiger partial charge in [-0.25, -0.2) is 5.43 Å². The van der Waals surface area contributed by atoms with Crippen molar-refractivity contribution in [3.63, 3.8) is 0 Å². The number of nitriles is 1. The number of benzene rings is 2. The molecule has 122 valence electrons. The molecule has 0 unspecified atom stereocenters. The molecular formula is C17H13Cl2N3O2. The number of hydrogen-bond acceptors (Lipinski definition) is 4. The number of hydrogen-bond donors (Lipinski definition) is 1. The molecule has 2 rings (SSSR count). The van der Waals surface area contributed by atoms with E-state index < -0.39 is 5.91 Å². The molecule has 0 saturated heterocycles. The Labute approximate surface area is 149 Å². The van der Waals surface area contributed by atoms with Crippen molar-refractivity contribution in [2.24, 2.45) is 5.10 Å². The smallest absolute Gasteiger partial charge is 0.277 e. The topological polar surface area (TPSA) is 74.5 Å². The molecule has 0 aliphatic rings. The Morgan fingerprint density at radius 2 is 1.96 bits per heavy atom. The van der Waals surface area contributed by atoms with Crippen LogP contribution in [0.3, 0.4) is 0 Å². The molecule has 0 heterocycles. The molecule has 0 fully saturated rings. The minimum atomic E-state index is -0.413. The quantitative estimate of drug-likeness (QED) is 0.650. The van der Waals surface area contributed by atoms with Crippen LogP contribution in [0.25, 0.3) is 0 Å². The highest BCUT2D eigenvalue weighted by Crippen LogP contribution is 2.21. The number of hydrazone groups is 1. The first-order chi connectivity index (χ1) is 11.5. The van der Waals surface area contributed by atoms with Gasteiger partial charge in [-0.05, 0) is 43.3 Å². The van der Waals surface area contributed by atoms with Crippen LogP contribution < -0.4 is 10.2 Å². The highest BCUT2D eigenvalue weighted by molar-refractivity contribution is 6.37. The van der Waals surface area contributed by atoms with Crippen molar-refractivity contribution in [1.82, 2.24) is 5.43 Å². The maximum Gasteiger partial charge on any atom is 0.277 e. The Morgan fingerprint density at radius 3 is 2.58 bits per heavy atom. The first-order valence-electron chi connectivity index (χ1n) is 6.91. The van der Waals surface area contributed by atoms with Crippen LogP contribution in [0.4, 0.5) is 0 Å². The largest absolute Gasteiger partial charge is 0.484 e. The van der Waals surface area contributed by atoms with E-state index in [9.17, 15) is 4.79 Å². The summed E-state index contributed by atoms with van der Waals surface area (Å²) >= 11 is 11.9. The Kier molecular flexibility index (Phi) is 6.19. The van der Waals surface area contributed by atoms with Gasteiger partial charge >= 0.3 is 0 Å². The van der Waals surface area contributed by atoms with Crippen molar-refractivity contribution in [2.75, 3.05) is 6.61 Å². The fourth-order valence-electron chi connectivity index (χ4n) is 1.80. The van der Waals surface area contributed by atoms with Gasteiger partial charge in [-0.15, -0.1) is 0 Å². The molecule has 7 heteroatoms. The van der Waals surface area contributed by atoms with Gasteiger partial charge in [0, 0.05) is 10.6 Å². The van der Waals surface area contributed by atoms with E-state index in [1.165, 1.54) is 0 Å². The minimum Gasteiger partial charge on any atom is -0.484 e. The molecular weight excluding hydrogens is 349 g/mol. The lowest BCUT2D eigenvalue weighted by Crippen LogP contribution is -2.25. The number of nitrogens with one attached hydrogen (secondary N) is 1. The van der Waals surface area contributed by atoms with Crippen molar-refractivity contribution >= 4 is 34.8 Å². The van der Waals surface area contributed by atoms with Crippen molar-refractivity contribution in [3.8, 4) is 11.8 Å². The second-order valence-corrected chi connectivity index (χ2v) is 5.62. The zero-order valence-electron chi connectivity index (χ0n) is 12.7. The average Bonchev–Trinajstić information content (AvgIpc) is 2.58. The predicted molar refractivity (Wildman–Crippen MR) is 93.5 cm³/mol. The van der Waals surface area contributed by atoms with Gasteiger partial charge in [0.15, 0.2) is 6.61 Å². The fourth-order valence-corrected chi connectivity index (χ4v) is 2.34. The summed E-state index contributed by atoms with van der Waals surface area (Å²) in [5, 5.41) is 13.7. The summed E-state index contributed by atoms with van der Waals surface area (Å²) in [6.45, 7) is 1.52. The highest BCUT2D eigenvalue weighted by atomic mass is 35.5. The second kappa shape index (κ2) is 8.34. The van der Waals surface area contributed by atoms with Crippen LogP contribution in [-0.2, 0) is 4.79 Å². The second-order valence-electron chi connectivity index (χ2n) is 4.78. The molecule has 0 spiro atoms. The molecule has 0 saturated carbocycles. The van der Waals surface area contributed by atoms with Gasteiger partial charge in [-0.2, -0.15) is 10.4 Å². The number of nitrogens with zero attached hydrogens (tertiary/aromatic N) is 2. The number of carbonyl (C=O) groups excluding carboxylic acids is 1. The summed E-state index contributed by atoms with van der Waals surface area (Å²) in [4.78, 5) is 11.8. The van der Waals surface area contributed by atoms with E-state index >= 15 is 0 Å². The molecule has 0 atom stereocenters. The molecule has 0 aliphatic carbocycles. The zero-order valence-corrected chi connectivity index (χ0v) is 14.2. The van der Waals surface area contributed by atoms with E-state index in [1.54, 1.807) is 49.4 Å². The van der Waals surface area contributed by atoms with E-state index in [2.05, 4.69) is 10.5 Å². The molecule has 0 bridgehead atoms. The molecule has 2 aromatic carbocycles. The Bertz CT molecular complexity index is 812. The van der Waals surface area contributed by atoms with Crippen molar-refractivity contribution in [3.05, 3.63) is 63.6 Å². The van der Waals surface area contributed by atoms with Crippen LogP contribution in [-0.4, -0.2) is 18.2 Å². The Morgan fingerprint density at radius 1 is 1.25 bits per heavy atom. The van der Waals surface area contributed by atoms with E-state index in [0.29, 0.717) is 32.6 Å². The Balaban J connectivity index is 1.90. The van der Waals surface area contributed by atoms with Gasteiger partial charge in [0.25, 0.3) is 5.91 Å². The lowest BCUT2D eigenvalue weighted by Gasteiger charge is -2.07. The van der Waals surface area contributed by atoms with Gasteiger partial charge in [0.1, 0.15) is 5.75 Å². The summed E-state index contributed by atoms with van der Waals surface area (Å²) in [6.07, 6.45) is 0. The van der Waals surface area contributed by atoms with Gasteiger partial charge < -0.3 is 4.74 Å². The van der Waals surface area contributed by atoms with Crippen LogP contribution >= 0.6 is 23.2 Å². The molecule has 0 aromatic heterocycles. The monoisotopic (exact) mass is 361 g/mol. The van der Waals surface area contributed by atoms with Crippen molar-refractivity contribution in [1.29, 1.82) is 5.26 Å². The molecule has 2 aromatic rings. The number of ether oxygens (including phenoxy) is 1. The summed E-state index contributed by atoms with van der Waals surface area (Å²) in [5.74, 6) is 0.0781. The Hall–Kier alpha value is -2.55. The number of carbonyl (C=O) groups is 1. The number of amides is 1. The summed E-state index contributed by atoms with van der Waals surface area (Å²) in [7, 11) is 0.